The smallest absolute Gasteiger partial charge is 0.387 e. The molecule has 0 fully saturated rings. The van der Waals surface area contributed by atoms with E-state index in [0.29, 0.717) is 27.4 Å². The van der Waals surface area contributed by atoms with Crippen LogP contribution in [0.25, 0.3) is 27.9 Å². The van der Waals surface area contributed by atoms with E-state index in [9.17, 15) is 13.6 Å². The number of hydrogen-bond donors (Lipinski definition) is 2. The standard InChI is InChI=1S/C20H16BrClF2N6O2/c1-2-13(16(25)31)26-20-27-15-11(4-3-5-12(15)21)18-28-17(29-30(18)20)10-7-6-9(22)8-14(10)32-19(23)24/h3-8,13,19H,2H2,1H3,(H2,25,31)(H,26,27)/t13-/m0/s1. The molecule has 0 aliphatic carbocycles. The molecule has 32 heavy (non-hydrogen) atoms. The number of anilines is 1. The van der Waals surface area contributed by atoms with Crippen molar-refractivity contribution in [2.24, 2.45) is 5.73 Å². The maximum absolute atomic E-state index is 12.9. The highest BCUT2D eigenvalue weighted by atomic mass is 79.9. The number of carbonyl (C=O) groups is 1. The zero-order valence-corrected chi connectivity index (χ0v) is 18.9. The van der Waals surface area contributed by atoms with E-state index in [2.05, 4.69) is 41.1 Å². The highest BCUT2D eigenvalue weighted by molar-refractivity contribution is 9.10. The number of halogens is 4. The van der Waals surface area contributed by atoms with E-state index < -0.39 is 18.6 Å². The summed E-state index contributed by atoms with van der Waals surface area (Å²) < 4.78 is 32.6. The Hall–Kier alpha value is -3.05. The van der Waals surface area contributed by atoms with Crippen molar-refractivity contribution in [3.8, 4) is 17.1 Å². The van der Waals surface area contributed by atoms with Gasteiger partial charge in [0.25, 0.3) is 0 Å². The molecule has 0 aliphatic heterocycles. The first kappa shape index (κ1) is 22.2. The number of nitrogens with one attached hydrogen (secondary N) is 1. The van der Waals surface area contributed by atoms with Crippen LogP contribution < -0.4 is 15.8 Å². The van der Waals surface area contributed by atoms with Crippen LogP contribution in [0.1, 0.15) is 13.3 Å². The molecule has 3 N–H and O–H groups in total. The molecular formula is C20H16BrClF2N6O2. The molecule has 8 nitrogen and oxygen atoms in total. The summed E-state index contributed by atoms with van der Waals surface area (Å²) in [6, 6.07) is 8.99. The Morgan fingerprint density at radius 2 is 2.09 bits per heavy atom. The lowest BCUT2D eigenvalue weighted by atomic mass is 10.2. The summed E-state index contributed by atoms with van der Waals surface area (Å²) in [5.74, 6) is -0.392. The van der Waals surface area contributed by atoms with E-state index in [-0.39, 0.29) is 28.1 Å². The number of rotatable bonds is 7. The van der Waals surface area contributed by atoms with Gasteiger partial charge in [-0.15, -0.1) is 5.10 Å². The summed E-state index contributed by atoms with van der Waals surface area (Å²) >= 11 is 9.42. The number of ether oxygens (including phenoxy) is 1. The van der Waals surface area contributed by atoms with Gasteiger partial charge in [-0.05, 0) is 52.7 Å². The lowest BCUT2D eigenvalue weighted by molar-refractivity contribution is -0.118. The van der Waals surface area contributed by atoms with Gasteiger partial charge in [0, 0.05) is 14.9 Å². The predicted molar refractivity (Wildman–Crippen MR) is 120 cm³/mol. The number of amides is 1. The number of nitrogens with zero attached hydrogens (tertiary/aromatic N) is 4. The zero-order valence-electron chi connectivity index (χ0n) is 16.5. The molecule has 0 bridgehead atoms. The van der Waals surface area contributed by atoms with Gasteiger partial charge in [-0.1, -0.05) is 24.6 Å². The Bertz CT molecular complexity index is 1330. The molecule has 1 amide bonds. The van der Waals surface area contributed by atoms with Gasteiger partial charge in [0.2, 0.25) is 11.9 Å². The number of benzene rings is 2. The third kappa shape index (κ3) is 4.17. The molecule has 0 aliphatic rings. The monoisotopic (exact) mass is 524 g/mol. The van der Waals surface area contributed by atoms with Crippen molar-refractivity contribution in [2.75, 3.05) is 5.32 Å². The number of alkyl halides is 2. The maximum atomic E-state index is 12.9. The molecule has 2 aromatic heterocycles. The fourth-order valence-electron chi connectivity index (χ4n) is 3.21. The fraction of sp³-hybridized carbons (Fsp3) is 0.200. The quantitative estimate of drug-likeness (QED) is 0.364. The van der Waals surface area contributed by atoms with Crippen LogP contribution in [0.4, 0.5) is 14.7 Å². The van der Waals surface area contributed by atoms with Crippen molar-refractivity contribution in [1.29, 1.82) is 0 Å². The fourth-order valence-corrected chi connectivity index (χ4v) is 3.83. The minimum atomic E-state index is -3.05. The number of fused-ring (bicyclic) bond motifs is 3. The number of hydrogen-bond acceptors (Lipinski definition) is 6. The van der Waals surface area contributed by atoms with Crippen LogP contribution in [0.3, 0.4) is 0 Å². The summed E-state index contributed by atoms with van der Waals surface area (Å²) in [6.45, 7) is -1.26. The Balaban J connectivity index is 1.97. The van der Waals surface area contributed by atoms with E-state index in [4.69, 9.17) is 17.3 Å². The van der Waals surface area contributed by atoms with Gasteiger partial charge in [0.15, 0.2) is 11.5 Å². The summed E-state index contributed by atoms with van der Waals surface area (Å²) in [4.78, 5) is 20.9. The molecule has 0 spiro atoms. The molecule has 4 rings (SSSR count). The molecule has 0 radical (unpaired) electrons. The Morgan fingerprint density at radius 3 is 2.78 bits per heavy atom. The van der Waals surface area contributed by atoms with Crippen molar-refractivity contribution < 1.29 is 18.3 Å². The average molecular weight is 526 g/mol. The van der Waals surface area contributed by atoms with Gasteiger partial charge >= 0.3 is 6.61 Å². The van der Waals surface area contributed by atoms with Crippen LogP contribution in [-0.4, -0.2) is 38.1 Å². The second-order valence-corrected chi connectivity index (χ2v) is 8.06. The van der Waals surface area contributed by atoms with Crippen LogP contribution in [0.5, 0.6) is 5.75 Å². The van der Waals surface area contributed by atoms with Gasteiger partial charge in [0.05, 0.1) is 11.1 Å². The topological polar surface area (TPSA) is 107 Å². The summed E-state index contributed by atoms with van der Waals surface area (Å²) in [6.07, 6.45) is 0.414. The van der Waals surface area contributed by atoms with Gasteiger partial charge in [-0.3, -0.25) is 4.79 Å². The van der Waals surface area contributed by atoms with Crippen molar-refractivity contribution >= 4 is 55.9 Å². The molecule has 0 saturated heterocycles. The third-order valence-corrected chi connectivity index (χ3v) is 5.58. The van der Waals surface area contributed by atoms with Crippen LogP contribution >= 0.6 is 27.5 Å². The molecule has 2 heterocycles. The Kier molecular flexibility index (Phi) is 6.11. The van der Waals surface area contributed by atoms with Crippen LogP contribution in [0.2, 0.25) is 5.02 Å². The summed E-state index contributed by atoms with van der Waals surface area (Å²) in [7, 11) is 0. The predicted octanol–water partition coefficient (Wildman–Crippen LogP) is 4.64. The number of carbonyl (C=O) groups excluding carboxylic acids is 1. The van der Waals surface area contributed by atoms with Gasteiger partial charge in [-0.2, -0.15) is 13.3 Å². The summed E-state index contributed by atoms with van der Waals surface area (Å²) in [5.41, 5.74) is 6.66. The van der Waals surface area contributed by atoms with E-state index in [1.54, 1.807) is 19.1 Å². The van der Waals surface area contributed by atoms with Gasteiger partial charge in [0.1, 0.15) is 11.8 Å². The number of primary amides is 1. The van der Waals surface area contributed by atoms with Gasteiger partial charge < -0.3 is 15.8 Å². The second-order valence-electron chi connectivity index (χ2n) is 6.77. The molecule has 166 valence electrons. The first-order valence-electron chi connectivity index (χ1n) is 9.44. The lowest BCUT2D eigenvalue weighted by Crippen LogP contribution is -2.35. The Labute approximate surface area is 193 Å². The molecule has 0 unspecified atom stereocenters. The van der Waals surface area contributed by atoms with Crippen molar-refractivity contribution in [3.63, 3.8) is 0 Å². The lowest BCUT2D eigenvalue weighted by Gasteiger charge is -2.15. The highest BCUT2D eigenvalue weighted by Gasteiger charge is 2.22. The minimum absolute atomic E-state index is 0.113. The number of nitrogens with two attached hydrogens (primary N) is 1. The SMILES string of the molecule is CC[C@H](Nc1nc2c(Br)cccc2c2nc(-c3ccc(Cl)cc3OC(F)F)nn12)C(N)=O. The van der Waals surface area contributed by atoms with Crippen LogP contribution in [0, 0.1) is 0 Å². The minimum Gasteiger partial charge on any atom is -0.434 e. The van der Waals surface area contributed by atoms with Crippen LogP contribution in [0.15, 0.2) is 40.9 Å². The molecular weight excluding hydrogens is 510 g/mol. The van der Waals surface area contributed by atoms with E-state index in [1.807, 2.05) is 6.07 Å². The zero-order chi connectivity index (χ0) is 23.0. The molecule has 1 atom stereocenters. The first-order valence-corrected chi connectivity index (χ1v) is 10.6. The molecule has 12 heteroatoms. The van der Waals surface area contributed by atoms with E-state index in [0.717, 1.165) is 0 Å². The van der Waals surface area contributed by atoms with Crippen molar-refractivity contribution in [2.45, 2.75) is 26.0 Å². The van der Waals surface area contributed by atoms with Crippen molar-refractivity contribution in [3.05, 3.63) is 45.9 Å². The van der Waals surface area contributed by atoms with Crippen molar-refractivity contribution in [1.82, 2.24) is 19.6 Å². The number of para-hydroxylation sites is 1. The van der Waals surface area contributed by atoms with Crippen LogP contribution in [-0.2, 0) is 4.79 Å². The first-order chi connectivity index (χ1) is 15.3. The molecule has 2 aromatic carbocycles. The maximum Gasteiger partial charge on any atom is 0.387 e. The number of aromatic nitrogens is 4. The average Bonchev–Trinajstić information content (AvgIpc) is 3.17. The molecule has 0 saturated carbocycles. The Morgan fingerprint density at radius 1 is 1.31 bits per heavy atom. The normalized spacial score (nSPS) is 12.4. The third-order valence-electron chi connectivity index (χ3n) is 4.71. The van der Waals surface area contributed by atoms with E-state index in [1.165, 1.54) is 22.7 Å². The van der Waals surface area contributed by atoms with Gasteiger partial charge in [-0.25, -0.2) is 9.97 Å². The van der Waals surface area contributed by atoms with E-state index >= 15 is 0 Å². The largest absolute Gasteiger partial charge is 0.434 e. The summed E-state index contributed by atoms with van der Waals surface area (Å²) in [5, 5.41) is 8.32. The highest BCUT2D eigenvalue weighted by Crippen LogP contribution is 2.34. The molecule has 4 aromatic rings. The second kappa shape index (κ2) is 8.83.